The molecule has 4 nitrogen and oxygen atoms in total. The van der Waals surface area contributed by atoms with Gasteiger partial charge in [-0.15, -0.1) is 0 Å². The lowest BCUT2D eigenvalue weighted by Gasteiger charge is -2.20. The van der Waals surface area contributed by atoms with Crippen molar-refractivity contribution in [1.29, 1.82) is 0 Å². The quantitative estimate of drug-likeness (QED) is 0.836. The van der Waals surface area contributed by atoms with Gasteiger partial charge in [0.25, 0.3) is 5.92 Å². The van der Waals surface area contributed by atoms with Crippen LogP contribution in [-0.4, -0.2) is 41.8 Å². The molecule has 0 spiro atoms. The van der Waals surface area contributed by atoms with Crippen LogP contribution in [0.4, 0.5) is 20.3 Å². The van der Waals surface area contributed by atoms with Crippen LogP contribution in [0.2, 0.25) is 5.15 Å². The second kappa shape index (κ2) is 5.46. The van der Waals surface area contributed by atoms with Crippen LogP contribution in [0.15, 0.2) is 12.1 Å². The number of hydrogen-bond acceptors (Lipinski definition) is 4. The normalized spacial score (nSPS) is 19.5. The molecule has 1 saturated heterocycles. The van der Waals surface area contributed by atoms with E-state index in [9.17, 15) is 8.78 Å². The number of hydrogen-bond donors (Lipinski definition) is 2. The molecule has 2 N–H and O–H groups in total. The van der Waals surface area contributed by atoms with Crippen molar-refractivity contribution >= 4 is 23.1 Å². The van der Waals surface area contributed by atoms with Gasteiger partial charge in [-0.25, -0.2) is 13.8 Å². The Kier molecular flexibility index (Phi) is 4.10. The topological polar surface area (TPSA) is 48.4 Å². The van der Waals surface area contributed by atoms with Gasteiger partial charge in [-0.3, -0.25) is 0 Å². The zero-order valence-corrected chi connectivity index (χ0v) is 11.3. The highest BCUT2D eigenvalue weighted by molar-refractivity contribution is 6.29. The Morgan fingerprint density at radius 3 is 2.89 bits per heavy atom. The first-order valence-corrected chi connectivity index (χ1v) is 6.45. The molecular weight excluding hydrogens is 276 g/mol. The molecule has 0 aliphatic carbocycles. The van der Waals surface area contributed by atoms with E-state index in [-0.39, 0.29) is 30.8 Å². The van der Waals surface area contributed by atoms with E-state index in [0.717, 1.165) is 0 Å². The van der Waals surface area contributed by atoms with Crippen LogP contribution in [0, 0.1) is 0 Å². The zero-order chi connectivity index (χ0) is 14.0. The van der Waals surface area contributed by atoms with Crippen LogP contribution in [-0.2, 0) is 0 Å². The summed E-state index contributed by atoms with van der Waals surface area (Å²) in [6.45, 7) is 1.72. The summed E-state index contributed by atoms with van der Waals surface area (Å²) in [7, 11) is 0. The van der Waals surface area contributed by atoms with E-state index in [1.54, 1.807) is 24.0 Å². The predicted molar refractivity (Wildman–Crippen MR) is 71.2 cm³/mol. The van der Waals surface area contributed by atoms with Gasteiger partial charge in [-0.1, -0.05) is 11.6 Å². The molecule has 1 aromatic rings. The molecular formula is C12H16ClF2N3O. The molecule has 1 fully saturated rings. The van der Waals surface area contributed by atoms with Gasteiger partial charge in [0.15, 0.2) is 0 Å². The Morgan fingerprint density at radius 1 is 1.58 bits per heavy atom. The summed E-state index contributed by atoms with van der Waals surface area (Å²) in [4.78, 5) is 5.64. The van der Waals surface area contributed by atoms with E-state index in [0.29, 0.717) is 18.1 Å². The minimum Gasteiger partial charge on any atom is -0.394 e. The largest absolute Gasteiger partial charge is 0.394 e. The molecule has 106 valence electrons. The molecule has 19 heavy (non-hydrogen) atoms. The van der Waals surface area contributed by atoms with Crippen LogP contribution in [0.25, 0.3) is 0 Å². The number of rotatable bonds is 4. The number of nitrogens with one attached hydrogen (secondary N) is 1. The molecule has 7 heteroatoms. The van der Waals surface area contributed by atoms with E-state index >= 15 is 0 Å². The first-order chi connectivity index (χ1) is 8.89. The molecule has 0 aromatic carbocycles. The molecule has 1 aliphatic rings. The SMILES string of the molecule is C[C@@H](CO)Nc1cc(N2CCC(F)(F)C2)cc(Cl)n1. The maximum absolute atomic E-state index is 13.2. The number of aromatic nitrogens is 1. The second-order valence-corrected chi connectivity index (χ2v) is 5.18. The van der Waals surface area contributed by atoms with Gasteiger partial charge in [-0.2, -0.15) is 0 Å². The van der Waals surface area contributed by atoms with Crippen LogP contribution in [0.5, 0.6) is 0 Å². The molecule has 1 aromatic heterocycles. The Bertz CT molecular complexity index is 459. The van der Waals surface area contributed by atoms with Gasteiger partial charge in [0.1, 0.15) is 11.0 Å². The summed E-state index contributed by atoms with van der Waals surface area (Å²) in [6, 6.07) is 3.05. The maximum Gasteiger partial charge on any atom is 0.266 e. The van der Waals surface area contributed by atoms with Gasteiger partial charge in [0.05, 0.1) is 13.2 Å². The van der Waals surface area contributed by atoms with E-state index in [1.165, 1.54) is 0 Å². The third-order valence-corrected chi connectivity index (χ3v) is 3.18. The second-order valence-electron chi connectivity index (χ2n) is 4.79. The third kappa shape index (κ3) is 3.67. The van der Waals surface area contributed by atoms with Crippen molar-refractivity contribution in [3.05, 3.63) is 17.3 Å². The van der Waals surface area contributed by atoms with Gasteiger partial charge >= 0.3 is 0 Å². The number of anilines is 2. The standard InChI is InChI=1S/C12H16ClF2N3O/c1-8(6-19)16-11-5-9(4-10(13)17-11)18-3-2-12(14,15)7-18/h4-5,8,19H,2-3,6-7H2,1H3,(H,16,17)/t8-/m0/s1. The first kappa shape index (κ1) is 14.3. The van der Waals surface area contributed by atoms with E-state index in [2.05, 4.69) is 10.3 Å². The van der Waals surface area contributed by atoms with Crippen LogP contribution in [0.1, 0.15) is 13.3 Å². The summed E-state index contributed by atoms with van der Waals surface area (Å²) < 4.78 is 26.4. The summed E-state index contributed by atoms with van der Waals surface area (Å²) in [6.07, 6.45) is -0.150. The predicted octanol–water partition coefficient (Wildman–Crippen LogP) is 2.37. The zero-order valence-electron chi connectivity index (χ0n) is 10.5. The van der Waals surface area contributed by atoms with Crippen LogP contribution >= 0.6 is 11.6 Å². The summed E-state index contributed by atoms with van der Waals surface area (Å²) in [5, 5.41) is 12.2. The minimum atomic E-state index is -2.65. The first-order valence-electron chi connectivity index (χ1n) is 6.07. The Labute approximate surface area is 115 Å². The number of aliphatic hydroxyl groups excluding tert-OH is 1. The van der Waals surface area contributed by atoms with Crippen molar-refractivity contribution < 1.29 is 13.9 Å². The van der Waals surface area contributed by atoms with Gasteiger partial charge in [0.2, 0.25) is 0 Å². The average molecular weight is 292 g/mol. The average Bonchev–Trinajstić information content (AvgIpc) is 2.69. The van der Waals surface area contributed by atoms with Gasteiger partial charge in [-0.05, 0) is 13.0 Å². The van der Waals surface area contributed by atoms with Gasteiger partial charge in [0, 0.05) is 30.8 Å². The lowest BCUT2D eigenvalue weighted by Crippen LogP contribution is -2.25. The van der Waals surface area contributed by atoms with E-state index in [1.807, 2.05) is 0 Å². The number of alkyl halides is 2. The highest BCUT2D eigenvalue weighted by Crippen LogP contribution is 2.32. The molecule has 1 aliphatic heterocycles. The summed E-state index contributed by atoms with van der Waals surface area (Å²) in [5.74, 6) is -2.18. The minimum absolute atomic E-state index is 0.0503. The molecule has 0 unspecified atom stereocenters. The molecule has 2 heterocycles. The number of nitrogens with zero attached hydrogens (tertiary/aromatic N) is 2. The maximum atomic E-state index is 13.2. The third-order valence-electron chi connectivity index (χ3n) is 2.98. The summed E-state index contributed by atoms with van der Waals surface area (Å²) >= 11 is 5.90. The number of pyridine rings is 1. The van der Waals surface area contributed by atoms with Gasteiger partial charge < -0.3 is 15.3 Å². The Hall–Kier alpha value is -1.14. The fraction of sp³-hybridized carbons (Fsp3) is 0.583. The monoisotopic (exact) mass is 291 g/mol. The van der Waals surface area contributed by atoms with Crippen molar-refractivity contribution in [3.63, 3.8) is 0 Å². The van der Waals surface area contributed by atoms with E-state index in [4.69, 9.17) is 16.7 Å². The van der Waals surface area contributed by atoms with Crippen molar-refractivity contribution in [1.82, 2.24) is 4.98 Å². The Morgan fingerprint density at radius 2 is 2.32 bits per heavy atom. The fourth-order valence-electron chi connectivity index (χ4n) is 1.99. The van der Waals surface area contributed by atoms with E-state index < -0.39 is 5.92 Å². The Balaban J connectivity index is 2.17. The molecule has 0 saturated carbocycles. The molecule has 0 bridgehead atoms. The fourth-order valence-corrected chi connectivity index (χ4v) is 2.20. The van der Waals surface area contributed by atoms with Crippen LogP contribution in [0.3, 0.4) is 0 Å². The molecule has 2 rings (SSSR count). The smallest absolute Gasteiger partial charge is 0.266 e. The number of aliphatic hydroxyl groups is 1. The summed E-state index contributed by atoms with van der Waals surface area (Å²) in [5.41, 5.74) is 0.616. The van der Waals surface area contributed by atoms with Crippen molar-refractivity contribution in [2.75, 3.05) is 29.9 Å². The van der Waals surface area contributed by atoms with Crippen LogP contribution < -0.4 is 10.2 Å². The lowest BCUT2D eigenvalue weighted by molar-refractivity contribution is 0.0257. The molecule has 0 radical (unpaired) electrons. The lowest BCUT2D eigenvalue weighted by atomic mass is 10.3. The molecule has 1 atom stereocenters. The highest BCUT2D eigenvalue weighted by atomic mass is 35.5. The number of halogens is 3. The molecule has 0 amide bonds. The van der Waals surface area contributed by atoms with Crippen molar-refractivity contribution in [2.45, 2.75) is 25.3 Å². The van der Waals surface area contributed by atoms with Crippen molar-refractivity contribution in [2.24, 2.45) is 0 Å². The highest BCUT2D eigenvalue weighted by Gasteiger charge is 2.38. The van der Waals surface area contributed by atoms with Crippen molar-refractivity contribution in [3.8, 4) is 0 Å².